The van der Waals surface area contributed by atoms with Gasteiger partial charge in [-0.25, -0.2) is 9.59 Å². The lowest BCUT2D eigenvalue weighted by Gasteiger charge is -2.09. The third kappa shape index (κ3) is 4.34. The van der Waals surface area contributed by atoms with E-state index in [1.807, 2.05) is 0 Å². The number of rotatable bonds is 6. The Morgan fingerprint density at radius 2 is 0.892 bits per heavy atom. The van der Waals surface area contributed by atoms with Crippen LogP contribution in [0, 0.1) is 40.5 Å². The molecule has 15 nitrogen and oxygen atoms in total. The van der Waals surface area contributed by atoms with Crippen molar-refractivity contribution in [1.82, 2.24) is 0 Å². The minimum Gasteiger partial charge on any atom is -0.385 e. The fraction of sp³-hybridized carbons (Fsp3) is 0. The third-order valence-corrected chi connectivity index (χ3v) is 5.37. The summed E-state index contributed by atoms with van der Waals surface area (Å²) in [5.74, 6) is -3.22. The van der Waals surface area contributed by atoms with E-state index in [-0.39, 0.29) is 21.5 Å². The van der Waals surface area contributed by atoms with Gasteiger partial charge in [0.15, 0.2) is 0 Å². The number of fused-ring (bicyclic) bond motifs is 2. The predicted molar refractivity (Wildman–Crippen MR) is 124 cm³/mol. The van der Waals surface area contributed by atoms with Crippen LogP contribution in [0.15, 0.2) is 60.7 Å². The molecule has 0 unspecified atom stereocenters. The zero-order valence-electron chi connectivity index (χ0n) is 18.1. The normalized spacial score (nSPS) is 10.7. The fourth-order valence-electron chi connectivity index (χ4n) is 3.74. The molecular formula is C22H10N4O11. The standard InChI is InChI=1S/C22H10N4O11/c27-21(19-15-9-13(23(29)30)5-1-11(15)3-7-17(19)25(33)34)37-22(28)20-16-10-14(24(31)32)6-2-12(16)4-8-18(20)26(35)36/h1-10H. The van der Waals surface area contributed by atoms with Gasteiger partial charge < -0.3 is 4.74 Å². The Kier molecular flexibility index (Phi) is 5.95. The van der Waals surface area contributed by atoms with E-state index in [0.717, 1.165) is 36.4 Å². The number of ether oxygens (including phenoxy) is 1. The van der Waals surface area contributed by atoms with Gasteiger partial charge in [0.05, 0.1) is 19.7 Å². The molecule has 0 spiro atoms. The van der Waals surface area contributed by atoms with Gasteiger partial charge in [0.1, 0.15) is 11.1 Å². The lowest BCUT2D eigenvalue weighted by Crippen LogP contribution is -2.16. The first-order valence-electron chi connectivity index (χ1n) is 9.97. The third-order valence-electron chi connectivity index (χ3n) is 5.37. The highest BCUT2D eigenvalue weighted by Gasteiger charge is 2.32. The molecule has 0 aliphatic heterocycles. The summed E-state index contributed by atoms with van der Waals surface area (Å²) in [6, 6.07) is 10.7. The molecule has 4 rings (SSSR count). The summed E-state index contributed by atoms with van der Waals surface area (Å²) in [5.41, 5.74) is -4.29. The number of nitro groups is 4. The van der Waals surface area contributed by atoms with Crippen molar-refractivity contribution >= 4 is 56.2 Å². The number of hydrogen-bond acceptors (Lipinski definition) is 11. The largest absolute Gasteiger partial charge is 0.385 e. The maximum atomic E-state index is 13.0. The van der Waals surface area contributed by atoms with E-state index in [0.29, 0.717) is 0 Å². The zero-order chi connectivity index (χ0) is 27.0. The van der Waals surface area contributed by atoms with E-state index in [4.69, 9.17) is 4.74 Å². The Hall–Kier alpha value is -5.86. The number of carbonyl (C=O) groups excluding carboxylic acids is 2. The molecule has 0 aliphatic carbocycles. The quantitative estimate of drug-likeness (QED) is 0.152. The minimum absolute atomic E-state index is 0.169. The van der Waals surface area contributed by atoms with Crippen LogP contribution in [0.25, 0.3) is 21.5 Å². The molecule has 15 heteroatoms. The molecule has 0 aromatic heterocycles. The van der Waals surface area contributed by atoms with Crippen LogP contribution >= 0.6 is 0 Å². The van der Waals surface area contributed by atoms with Crippen molar-refractivity contribution in [1.29, 1.82) is 0 Å². The molecule has 184 valence electrons. The molecule has 0 atom stereocenters. The number of benzene rings is 4. The summed E-state index contributed by atoms with van der Waals surface area (Å²) in [6.45, 7) is 0. The summed E-state index contributed by atoms with van der Waals surface area (Å²) < 4.78 is 4.79. The second kappa shape index (κ2) is 9.06. The van der Waals surface area contributed by atoms with Crippen molar-refractivity contribution in [3.05, 3.63) is 112 Å². The van der Waals surface area contributed by atoms with E-state index in [2.05, 4.69) is 0 Å². The van der Waals surface area contributed by atoms with Gasteiger partial charge in [-0.1, -0.05) is 0 Å². The van der Waals surface area contributed by atoms with Crippen molar-refractivity contribution in [3.8, 4) is 0 Å². The fourth-order valence-corrected chi connectivity index (χ4v) is 3.74. The highest BCUT2D eigenvalue weighted by Crippen LogP contribution is 2.34. The maximum absolute atomic E-state index is 13.0. The monoisotopic (exact) mass is 506 g/mol. The van der Waals surface area contributed by atoms with Crippen LogP contribution in [0.1, 0.15) is 20.7 Å². The van der Waals surface area contributed by atoms with Crippen LogP contribution < -0.4 is 0 Å². The summed E-state index contributed by atoms with van der Waals surface area (Å²) in [5, 5.41) is 45.4. The number of hydrogen-bond donors (Lipinski definition) is 0. The van der Waals surface area contributed by atoms with Crippen molar-refractivity contribution < 1.29 is 34.0 Å². The van der Waals surface area contributed by atoms with Crippen molar-refractivity contribution in [3.63, 3.8) is 0 Å². The molecule has 0 bridgehead atoms. The Labute approximate surface area is 203 Å². The first-order chi connectivity index (χ1) is 17.5. The molecule has 0 saturated heterocycles. The van der Waals surface area contributed by atoms with E-state index in [1.165, 1.54) is 24.3 Å². The van der Waals surface area contributed by atoms with Crippen LogP contribution in [-0.4, -0.2) is 31.6 Å². The van der Waals surface area contributed by atoms with Crippen LogP contribution in [0.2, 0.25) is 0 Å². The molecule has 0 aliphatic rings. The van der Waals surface area contributed by atoms with Crippen molar-refractivity contribution in [2.45, 2.75) is 0 Å². The van der Waals surface area contributed by atoms with Gasteiger partial charge in [0.2, 0.25) is 0 Å². The molecule has 0 amide bonds. The van der Waals surface area contributed by atoms with Gasteiger partial charge in [-0.15, -0.1) is 0 Å². The van der Waals surface area contributed by atoms with Crippen LogP contribution in [0.3, 0.4) is 0 Å². The van der Waals surface area contributed by atoms with E-state index in [1.54, 1.807) is 0 Å². The molecule has 4 aromatic carbocycles. The van der Waals surface area contributed by atoms with Gasteiger partial charge in [0, 0.05) is 47.2 Å². The van der Waals surface area contributed by atoms with Crippen LogP contribution in [0.4, 0.5) is 22.7 Å². The number of carbonyl (C=O) groups is 2. The maximum Gasteiger partial charge on any atom is 0.353 e. The average Bonchev–Trinajstić information content (AvgIpc) is 2.85. The lowest BCUT2D eigenvalue weighted by molar-refractivity contribution is -0.385. The number of nitro benzene ring substituents is 4. The summed E-state index contributed by atoms with van der Waals surface area (Å²) >= 11 is 0. The highest BCUT2D eigenvalue weighted by molar-refractivity contribution is 6.16. The first kappa shape index (κ1) is 24.3. The highest BCUT2D eigenvalue weighted by atomic mass is 16.6. The van der Waals surface area contributed by atoms with E-state index in [9.17, 15) is 50.0 Å². The smallest absolute Gasteiger partial charge is 0.353 e. The van der Waals surface area contributed by atoms with Gasteiger partial charge >= 0.3 is 11.9 Å². The molecule has 0 fully saturated rings. The Balaban J connectivity index is 1.89. The summed E-state index contributed by atoms with van der Waals surface area (Å²) in [7, 11) is 0. The summed E-state index contributed by atoms with van der Waals surface area (Å²) in [6.07, 6.45) is 0. The van der Waals surface area contributed by atoms with Gasteiger partial charge in [-0.2, -0.15) is 0 Å². The molecule has 0 saturated carbocycles. The molecular weight excluding hydrogens is 496 g/mol. The Morgan fingerprint density at radius 1 is 0.541 bits per heavy atom. The predicted octanol–water partition coefficient (Wildman–Crippen LogP) is 4.62. The van der Waals surface area contributed by atoms with Crippen LogP contribution in [-0.2, 0) is 4.74 Å². The topological polar surface area (TPSA) is 216 Å². The first-order valence-corrected chi connectivity index (χ1v) is 9.97. The zero-order valence-corrected chi connectivity index (χ0v) is 18.1. The van der Waals surface area contributed by atoms with Crippen LogP contribution in [0.5, 0.6) is 0 Å². The van der Waals surface area contributed by atoms with Gasteiger partial charge in [0.25, 0.3) is 22.7 Å². The van der Waals surface area contributed by atoms with E-state index < -0.39 is 65.5 Å². The Morgan fingerprint density at radius 3 is 1.22 bits per heavy atom. The molecule has 0 N–H and O–H groups in total. The van der Waals surface area contributed by atoms with Crippen molar-refractivity contribution in [2.24, 2.45) is 0 Å². The molecule has 37 heavy (non-hydrogen) atoms. The van der Waals surface area contributed by atoms with E-state index >= 15 is 0 Å². The number of esters is 2. The summed E-state index contributed by atoms with van der Waals surface area (Å²) in [4.78, 5) is 68.1. The average molecular weight is 506 g/mol. The second-order valence-electron chi connectivity index (χ2n) is 7.44. The molecule has 4 aromatic rings. The Bertz CT molecular complexity index is 1580. The molecule has 0 heterocycles. The lowest BCUT2D eigenvalue weighted by atomic mass is 10.0. The second-order valence-corrected chi connectivity index (χ2v) is 7.44. The number of nitrogens with zero attached hydrogens (tertiary/aromatic N) is 4. The van der Waals surface area contributed by atoms with Gasteiger partial charge in [-0.05, 0) is 35.0 Å². The minimum atomic E-state index is -1.61. The van der Waals surface area contributed by atoms with Gasteiger partial charge in [-0.3, -0.25) is 40.5 Å². The number of non-ortho nitro benzene ring substituents is 2. The van der Waals surface area contributed by atoms with Crippen molar-refractivity contribution in [2.75, 3.05) is 0 Å². The molecule has 0 radical (unpaired) electrons. The SMILES string of the molecule is O=C(OC(=O)c1c([N+](=O)[O-])ccc2ccc([N+](=O)[O-])cc12)c1c([N+](=O)[O-])ccc2ccc([N+](=O)[O-])cc12.